The zero-order chi connectivity index (χ0) is 20.1. The van der Waals surface area contributed by atoms with Gasteiger partial charge in [-0.05, 0) is 42.5 Å². The molecular formula is C22H17BrF2N2O2. The highest BCUT2D eigenvalue weighted by atomic mass is 79.9. The van der Waals surface area contributed by atoms with E-state index in [1.807, 2.05) is 42.3 Å². The zero-order valence-electron chi connectivity index (χ0n) is 15.5. The molecule has 2 atom stereocenters. The molecule has 0 bridgehead atoms. The summed E-state index contributed by atoms with van der Waals surface area (Å²) in [5.74, 6) is 0.514. The van der Waals surface area contributed by atoms with E-state index in [-0.39, 0.29) is 6.04 Å². The molecule has 7 heteroatoms. The smallest absolute Gasteiger partial charge is 0.213 e. The maximum Gasteiger partial charge on any atom is 0.213 e. The van der Waals surface area contributed by atoms with Gasteiger partial charge < -0.3 is 9.15 Å². The number of hydrogen-bond acceptors (Lipinski definition) is 4. The Morgan fingerprint density at radius 3 is 2.72 bits per heavy atom. The Morgan fingerprint density at radius 2 is 1.97 bits per heavy atom. The summed E-state index contributed by atoms with van der Waals surface area (Å²) in [5, 5.41) is 6.58. The molecule has 3 aromatic rings. The number of aryl methyl sites for hydroxylation is 1. The molecule has 5 rings (SSSR count). The SMILES string of the molecule is CCc1ccc(C2=NN3[C@H](C2)c2cc(Br)ccc2O[C@H]3c2ccc(F)c(F)c2)o1. The van der Waals surface area contributed by atoms with E-state index in [1.54, 1.807) is 0 Å². The molecule has 2 aliphatic heterocycles. The third kappa shape index (κ3) is 3.13. The minimum Gasteiger partial charge on any atom is -0.464 e. The molecule has 1 aromatic heterocycles. The van der Waals surface area contributed by atoms with Crippen molar-refractivity contribution < 1.29 is 17.9 Å². The van der Waals surface area contributed by atoms with Gasteiger partial charge in [-0.2, -0.15) is 5.10 Å². The third-order valence-corrected chi connectivity index (χ3v) is 5.77. The molecule has 0 amide bonds. The van der Waals surface area contributed by atoms with Crippen molar-refractivity contribution in [1.29, 1.82) is 0 Å². The first-order chi connectivity index (χ1) is 14.0. The van der Waals surface area contributed by atoms with E-state index in [9.17, 15) is 8.78 Å². The minimum absolute atomic E-state index is 0.0976. The van der Waals surface area contributed by atoms with Crippen molar-refractivity contribution >= 4 is 21.6 Å². The van der Waals surface area contributed by atoms with Crippen molar-refractivity contribution in [2.24, 2.45) is 5.10 Å². The molecule has 0 unspecified atom stereocenters. The van der Waals surface area contributed by atoms with Crippen LogP contribution in [0.4, 0.5) is 8.78 Å². The minimum atomic E-state index is -0.911. The lowest BCUT2D eigenvalue weighted by Crippen LogP contribution is -2.33. The van der Waals surface area contributed by atoms with Gasteiger partial charge in [0.15, 0.2) is 11.6 Å². The molecule has 2 aromatic carbocycles. The molecule has 29 heavy (non-hydrogen) atoms. The maximum atomic E-state index is 13.9. The molecule has 0 radical (unpaired) electrons. The second kappa shape index (κ2) is 6.99. The Labute approximate surface area is 174 Å². The number of hydrazone groups is 1. The van der Waals surface area contributed by atoms with Crippen molar-refractivity contribution in [2.75, 3.05) is 0 Å². The van der Waals surface area contributed by atoms with Crippen LogP contribution in [0.15, 0.2) is 62.5 Å². The van der Waals surface area contributed by atoms with Crippen LogP contribution in [0, 0.1) is 11.6 Å². The summed E-state index contributed by atoms with van der Waals surface area (Å²) in [6.07, 6.45) is 0.766. The van der Waals surface area contributed by atoms with E-state index < -0.39 is 17.9 Å². The maximum absolute atomic E-state index is 13.9. The standard InChI is InChI=1S/C22H17BrF2N2O2/c1-2-14-5-8-21(28-14)18-11-19-15-10-13(23)4-7-20(15)29-22(27(19)26-18)12-3-6-16(24)17(25)9-12/h3-10,19,22H,2,11H2,1H3/t19-,22+/m1/s1. The fourth-order valence-corrected chi connectivity index (χ4v) is 4.19. The number of furan rings is 1. The van der Waals surface area contributed by atoms with Crippen molar-refractivity contribution in [3.8, 4) is 5.75 Å². The molecule has 0 saturated heterocycles. The van der Waals surface area contributed by atoms with Crippen LogP contribution >= 0.6 is 15.9 Å². The summed E-state index contributed by atoms with van der Waals surface area (Å²) < 4.78 is 40.4. The van der Waals surface area contributed by atoms with Gasteiger partial charge in [-0.15, -0.1) is 0 Å². The highest BCUT2D eigenvalue weighted by molar-refractivity contribution is 9.10. The van der Waals surface area contributed by atoms with Gasteiger partial charge >= 0.3 is 0 Å². The normalized spacial score (nSPS) is 20.1. The van der Waals surface area contributed by atoms with Gasteiger partial charge in [-0.1, -0.05) is 28.9 Å². The van der Waals surface area contributed by atoms with Crippen molar-refractivity contribution in [1.82, 2.24) is 5.01 Å². The van der Waals surface area contributed by atoms with Crippen molar-refractivity contribution in [2.45, 2.75) is 32.0 Å². The van der Waals surface area contributed by atoms with E-state index in [2.05, 4.69) is 15.9 Å². The fraction of sp³-hybridized carbons (Fsp3) is 0.227. The number of fused-ring (bicyclic) bond motifs is 3. The molecule has 4 nitrogen and oxygen atoms in total. The van der Waals surface area contributed by atoms with Crippen LogP contribution in [0.2, 0.25) is 0 Å². The van der Waals surface area contributed by atoms with Crippen LogP contribution in [-0.2, 0) is 6.42 Å². The first-order valence-corrected chi connectivity index (χ1v) is 10.2. The first kappa shape index (κ1) is 18.4. The number of hydrogen-bond donors (Lipinski definition) is 0. The largest absolute Gasteiger partial charge is 0.464 e. The molecule has 0 aliphatic carbocycles. The summed E-state index contributed by atoms with van der Waals surface area (Å²) in [6.45, 7) is 2.03. The summed E-state index contributed by atoms with van der Waals surface area (Å²) in [5.41, 5.74) is 2.29. The van der Waals surface area contributed by atoms with Gasteiger partial charge in [0.05, 0.1) is 6.04 Å². The summed E-state index contributed by atoms with van der Waals surface area (Å²) >= 11 is 3.52. The number of halogens is 3. The van der Waals surface area contributed by atoms with Gasteiger partial charge in [0, 0.05) is 28.4 Å². The molecule has 0 fully saturated rings. The summed E-state index contributed by atoms with van der Waals surface area (Å²) in [4.78, 5) is 0. The Kier molecular flexibility index (Phi) is 4.42. The van der Waals surface area contributed by atoms with Gasteiger partial charge in [-0.25, -0.2) is 13.8 Å². The van der Waals surface area contributed by atoms with E-state index in [0.29, 0.717) is 17.7 Å². The molecule has 2 aliphatic rings. The highest BCUT2D eigenvalue weighted by Crippen LogP contribution is 2.48. The van der Waals surface area contributed by atoms with Gasteiger partial charge in [0.1, 0.15) is 23.0 Å². The predicted octanol–water partition coefficient (Wildman–Crippen LogP) is 6.13. The molecule has 0 spiro atoms. The Bertz CT molecular complexity index is 1130. The Morgan fingerprint density at radius 1 is 1.10 bits per heavy atom. The predicted molar refractivity (Wildman–Crippen MR) is 108 cm³/mol. The van der Waals surface area contributed by atoms with E-state index >= 15 is 0 Å². The molecule has 0 N–H and O–H groups in total. The lowest BCUT2D eigenvalue weighted by molar-refractivity contribution is -0.0193. The number of nitrogens with zero attached hydrogens (tertiary/aromatic N) is 2. The van der Waals surface area contributed by atoms with Crippen molar-refractivity contribution in [3.05, 3.63) is 87.3 Å². The summed E-state index contributed by atoms with van der Waals surface area (Å²) in [6, 6.07) is 13.4. The molecule has 0 saturated carbocycles. The fourth-order valence-electron chi connectivity index (χ4n) is 3.82. The zero-order valence-corrected chi connectivity index (χ0v) is 17.1. The van der Waals surface area contributed by atoms with Crippen LogP contribution in [0.1, 0.15) is 48.3 Å². The Hall–Kier alpha value is -2.67. The van der Waals surface area contributed by atoms with Crippen LogP contribution < -0.4 is 4.74 Å². The highest BCUT2D eigenvalue weighted by Gasteiger charge is 2.41. The van der Waals surface area contributed by atoms with Crippen LogP contribution in [0.3, 0.4) is 0 Å². The topological polar surface area (TPSA) is 38.0 Å². The van der Waals surface area contributed by atoms with Gasteiger partial charge in [-0.3, -0.25) is 0 Å². The monoisotopic (exact) mass is 458 g/mol. The molecular weight excluding hydrogens is 442 g/mol. The molecule has 3 heterocycles. The summed E-state index contributed by atoms with van der Waals surface area (Å²) in [7, 11) is 0. The van der Waals surface area contributed by atoms with Crippen LogP contribution in [-0.4, -0.2) is 10.7 Å². The first-order valence-electron chi connectivity index (χ1n) is 9.39. The van der Waals surface area contributed by atoms with E-state index in [0.717, 1.165) is 45.8 Å². The van der Waals surface area contributed by atoms with Crippen LogP contribution in [0.5, 0.6) is 5.75 Å². The number of benzene rings is 2. The average molecular weight is 459 g/mol. The second-order valence-corrected chi connectivity index (χ2v) is 8.01. The van der Waals surface area contributed by atoms with E-state index in [1.165, 1.54) is 6.07 Å². The Balaban J connectivity index is 1.60. The van der Waals surface area contributed by atoms with Gasteiger partial charge in [0.25, 0.3) is 0 Å². The van der Waals surface area contributed by atoms with Gasteiger partial charge in [0.2, 0.25) is 6.23 Å². The van der Waals surface area contributed by atoms with Crippen LogP contribution in [0.25, 0.3) is 0 Å². The quantitative estimate of drug-likeness (QED) is 0.474. The van der Waals surface area contributed by atoms with Crippen molar-refractivity contribution in [3.63, 3.8) is 0 Å². The second-order valence-electron chi connectivity index (χ2n) is 7.09. The lowest BCUT2D eigenvalue weighted by atomic mass is 9.97. The number of ether oxygens (including phenoxy) is 1. The third-order valence-electron chi connectivity index (χ3n) is 5.28. The lowest BCUT2D eigenvalue weighted by Gasteiger charge is -2.38. The van der Waals surface area contributed by atoms with E-state index in [4.69, 9.17) is 14.3 Å². The number of rotatable bonds is 3. The average Bonchev–Trinajstić information content (AvgIpc) is 3.36. The molecule has 148 valence electrons.